The summed E-state index contributed by atoms with van der Waals surface area (Å²) >= 11 is 1.59. The van der Waals surface area contributed by atoms with Gasteiger partial charge >= 0.3 is 0 Å². The molecule has 1 unspecified atom stereocenters. The molecule has 0 aliphatic rings. The molecule has 0 saturated carbocycles. The molecule has 1 atom stereocenters. The lowest BCUT2D eigenvalue weighted by molar-refractivity contribution is 0.318. The van der Waals surface area contributed by atoms with Gasteiger partial charge in [-0.3, -0.25) is 0 Å². The van der Waals surface area contributed by atoms with Gasteiger partial charge in [0.25, 0.3) is 0 Å². The molecule has 3 N–H and O–H groups in total. The van der Waals surface area contributed by atoms with E-state index in [4.69, 9.17) is 10.9 Å². The lowest BCUT2D eigenvalue weighted by Gasteiger charge is -2.38. The van der Waals surface area contributed by atoms with Crippen molar-refractivity contribution in [3.05, 3.63) is 23.8 Å². The summed E-state index contributed by atoms with van der Waals surface area (Å²) in [4.78, 5) is 3.19. The Kier molecular flexibility index (Phi) is 5.34. The highest BCUT2D eigenvalue weighted by molar-refractivity contribution is 7.98. The van der Waals surface area contributed by atoms with Crippen molar-refractivity contribution in [2.45, 2.75) is 38.6 Å². The Morgan fingerprint density at radius 2 is 2.00 bits per heavy atom. The molecule has 112 valence electrons. The lowest BCUT2D eigenvalue weighted by Crippen LogP contribution is -2.40. The van der Waals surface area contributed by atoms with Gasteiger partial charge in [0.05, 0.1) is 5.56 Å². The molecule has 4 nitrogen and oxygen atoms in total. The Balaban J connectivity index is 3.38. The summed E-state index contributed by atoms with van der Waals surface area (Å²) in [6.07, 6.45) is 1.99. The molecule has 0 fully saturated rings. The van der Waals surface area contributed by atoms with Crippen molar-refractivity contribution >= 4 is 23.3 Å². The fraction of sp³-hybridized carbons (Fsp3) is 0.533. The van der Waals surface area contributed by atoms with Crippen molar-refractivity contribution in [3.63, 3.8) is 0 Å². The van der Waals surface area contributed by atoms with E-state index < -0.39 is 0 Å². The van der Waals surface area contributed by atoms with Gasteiger partial charge in [-0.15, -0.1) is 11.8 Å². The standard InChI is InChI=1S/C15H25N3OS/c1-10(15(2,3)4)18(5)11-8-7-9-12(20-6)13(11)14(16)17-19/h7-10,19H,1-6H3,(H2,16,17). The summed E-state index contributed by atoms with van der Waals surface area (Å²) in [5.74, 6) is 0.151. The first kappa shape index (κ1) is 16.7. The Hall–Kier alpha value is -1.36. The van der Waals surface area contributed by atoms with Gasteiger partial charge in [0.1, 0.15) is 0 Å². The summed E-state index contributed by atoms with van der Waals surface area (Å²) in [5, 5.41) is 12.2. The molecular weight excluding hydrogens is 270 g/mol. The maximum atomic E-state index is 9.05. The SMILES string of the molecule is CSc1cccc(N(C)C(C)C(C)(C)C)c1/C(N)=N/O. The van der Waals surface area contributed by atoms with Crippen LogP contribution in [0.4, 0.5) is 5.69 Å². The van der Waals surface area contributed by atoms with Crippen molar-refractivity contribution in [2.75, 3.05) is 18.2 Å². The zero-order valence-corrected chi connectivity index (χ0v) is 14.0. The first-order valence-corrected chi connectivity index (χ1v) is 7.84. The van der Waals surface area contributed by atoms with Crippen molar-refractivity contribution in [1.82, 2.24) is 0 Å². The van der Waals surface area contributed by atoms with Crippen LogP contribution in [-0.4, -0.2) is 30.4 Å². The van der Waals surface area contributed by atoms with E-state index in [1.54, 1.807) is 11.8 Å². The third-order valence-electron chi connectivity index (χ3n) is 3.80. The average Bonchev–Trinajstić information content (AvgIpc) is 2.42. The fourth-order valence-electron chi connectivity index (χ4n) is 2.08. The second kappa shape index (κ2) is 6.39. The van der Waals surface area contributed by atoms with Gasteiger partial charge in [-0.05, 0) is 30.7 Å². The first-order chi connectivity index (χ1) is 9.23. The zero-order valence-electron chi connectivity index (χ0n) is 13.1. The van der Waals surface area contributed by atoms with Gasteiger partial charge < -0.3 is 15.8 Å². The molecule has 0 amide bonds. The van der Waals surface area contributed by atoms with E-state index >= 15 is 0 Å². The van der Waals surface area contributed by atoms with E-state index in [0.29, 0.717) is 6.04 Å². The van der Waals surface area contributed by atoms with Crippen LogP contribution in [-0.2, 0) is 0 Å². The van der Waals surface area contributed by atoms with Crippen LogP contribution in [0.1, 0.15) is 33.3 Å². The van der Waals surface area contributed by atoms with Crippen LogP contribution in [0.5, 0.6) is 0 Å². The number of rotatable bonds is 4. The minimum atomic E-state index is 0.131. The summed E-state index contributed by atoms with van der Waals surface area (Å²) < 4.78 is 0. The number of hydrogen-bond donors (Lipinski definition) is 2. The monoisotopic (exact) mass is 295 g/mol. The van der Waals surface area contributed by atoms with E-state index in [-0.39, 0.29) is 11.3 Å². The topological polar surface area (TPSA) is 61.8 Å². The van der Waals surface area contributed by atoms with Crippen LogP contribution in [0.3, 0.4) is 0 Å². The Bertz CT molecular complexity index is 494. The fourth-order valence-corrected chi connectivity index (χ4v) is 2.71. The van der Waals surface area contributed by atoms with Crippen LogP contribution in [0.25, 0.3) is 0 Å². The molecule has 0 aromatic heterocycles. The number of nitrogens with zero attached hydrogens (tertiary/aromatic N) is 2. The first-order valence-electron chi connectivity index (χ1n) is 6.61. The van der Waals surface area contributed by atoms with Gasteiger partial charge in [0.15, 0.2) is 5.84 Å². The third-order valence-corrected chi connectivity index (χ3v) is 4.58. The summed E-state index contributed by atoms with van der Waals surface area (Å²) in [6, 6.07) is 6.30. The number of oxime groups is 1. The van der Waals surface area contributed by atoms with Crippen molar-refractivity contribution in [1.29, 1.82) is 0 Å². The van der Waals surface area contributed by atoms with Crippen LogP contribution >= 0.6 is 11.8 Å². The maximum Gasteiger partial charge on any atom is 0.173 e. The van der Waals surface area contributed by atoms with Gasteiger partial charge in [0, 0.05) is 23.7 Å². The molecule has 1 aromatic carbocycles. The molecule has 0 radical (unpaired) electrons. The smallest absolute Gasteiger partial charge is 0.173 e. The van der Waals surface area contributed by atoms with E-state index in [1.807, 2.05) is 31.5 Å². The normalized spacial score (nSPS) is 14.2. The predicted octanol–water partition coefficient (Wildman–Crippen LogP) is 3.37. The number of benzene rings is 1. The number of anilines is 1. The summed E-state index contributed by atoms with van der Waals surface area (Å²) in [6.45, 7) is 8.79. The van der Waals surface area contributed by atoms with Crippen LogP contribution in [0.2, 0.25) is 0 Å². The van der Waals surface area contributed by atoms with Crippen molar-refractivity contribution in [3.8, 4) is 0 Å². The molecule has 0 spiro atoms. The molecule has 0 aliphatic heterocycles. The third kappa shape index (κ3) is 3.39. The minimum Gasteiger partial charge on any atom is -0.409 e. The maximum absolute atomic E-state index is 9.05. The quantitative estimate of drug-likeness (QED) is 0.294. The van der Waals surface area contributed by atoms with E-state index in [2.05, 4.69) is 37.8 Å². The van der Waals surface area contributed by atoms with E-state index in [0.717, 1.165) is 16.1 Å². The molecule has 1 rings (SSSR count). The highest BCUT2D eigenvalue weighted by Crippen LogP contribution is 2.33. The van der Waals surface area contributed by atoms with E-state index in [1.165, 1.54) is 0 Å². The van der Waals surface area contributed by atoms with Crippen LogP contribution in [0.15, 0.2) is 28.3 Å². The van der Waals surface area contributed by atoms with Crippen LogP contribution in [0, 0.1) is 5.41 Å². The Morgan fingerprint density at radius 1 is 1.40 bits per heavy atom. The average molecular weight is 295 g/mol. The van der Waals surface area contributed by atoms with Crippen molar-refractivity contribution in [2.24, 2.45) is 16.3 Å². The largest absolute Gasteiger partial charge is 0.409 e. The van der Waals surface area contributed by atoms with Gasteiger partial charge in [-0.1, -0.05) is 32.0 Å². The number of nitrogens with two attached hydrogens (primary N) is 1. The van der Waals surface area contributed by atoms with Gasteiger partial charge in [-0.2, -0.15) is 0 Å². The van der Waals surface area contributed by atoms with Crippen molar-refractivity contribution < 1.29 is 5.21 Å². The minimum absolute atomic E-state index is 0.131. The lowest BCUT2D eigenvalue weighted by atomic mass is 9.86. The van der Waals surface area contributed by atoms with E-state index in [9.17, 15) is 0 Å². The number of thioether (sulfide) groups is 1. The molecule has 0 aliphatic carbocycles. The number of hydrogen-bond acceptors (Lipinski definition) is 4. The predicted molar refractivity (Wildman–Crippen MR) is 88.1 cm³/mol. The molecule has 5 heteroatoms. The highest BCUT2D eigenvalue weighted by Gasteiger charge is 2.26. The Morgan fingerprint density at radius 3 is 2.45 bits per heavy atom. The molecule has 1 aromatic rings. The van der Waals surface area contributed by atoms with Gasteiger partial charge in [0.2, 0.25) is 0 Å². The Labute approximate surface area is 126 Å². The molecular formula is C15H25N3OS. The zero-order chi connectivity index (χ0) is 15.5. The summed E-state index contributed by atoms with van der Waals surface area (Å²) in [7, 11) is 2.05. The molecule has 20 heavy (non-hydrogen) atoms. The second-order valence-electron chi connectivity index (χ2n) is 5.99. The highest BCUT2D eigenvalue weighted by atomic mass is 32.2. The molecule has 0 heterocycles. The van der Waals surface area contributed by atoms with Gasteiger partial charge in [-0.25, -0.2) is 0 Å². The number of amidine groups is 1. The molecule has 0 bridgehead atoms. The summed E-state index contributed by atoms with van der Waals surface area (Å²) in [5.41, 5.74) is 7.78. The molecule has 0 saturated heterocycles. The van der Waals surface area contributed by atoms with Crippen LogP contribution < -0.4 is 10.6 Å². The second-order valence-corrected chi connectivity index (χ2v) is 6.84.